The van der Waals surface area contributed by atoms with E-state index >= 15 is 0 Å². The van der Waals surface area contributed by atoms with Gasteiger partial charge >= 0.3 is 0 Å². The molecule has 0 saturated heterocycles. The Labute approximate surface area is 117 Å². The van der Waals surface area contributed by atoms with Crippen molar-refractivity contribution in [3.63, 3.8) is 0 Å². The number of ketones is 1. The Kier molecular flexibility index (Phi) is 5.40. The first-order valence-electron chi connectivity index (χ1n) is 7.97. The third-order valence-corrected chi connectivity index (χ3v) is 4.88. The molecule has 3 nitrogen and oxygen atoms in total. The Morgan fingerprint density at radius 3 is 2.58 bits per heavy atom. The average molecular weight is 267 g/mol. The van der Waals surface area contributed by atoms with Crippen molar-refractivity contribution >= 4 is 5.78 Å². The molecular weight excluding hydrogens is 238 g/mol. The first kappa shape index (κ1) is 15.0. The van der Waals surface area contributed by atoms with E-state index in [2.05, 4.69) is 18.9 Å². The minimum atomic E-state index is -0.0661. The normalized spacial score (nSPS) is 35.5. The molecule has 2 fully saturated rings. The second-order valence-electron chi connectivity index (χ2n) is 6.80. The zero-order valence-corrected chi connectivity index (χ0v) is 12.5. The van der Waals surface area contributed by atoms with Crippen LogP contribution in [-0.2, 0) is 4.79 Å². The Balaban J connectivity index is 1.74. The summed E-state index contributed by atoms with van der Waals surface area (Å²) in [6, 6.07) is 0. The van der Waals surface area contributed by atoms with Gasteiger partial charge in [0.25, 0.3) is 0 Å². The largest absolute Gasteiger partial charge is 0.393 e. The molecule has 2 aliphatic carbocycles. The molecule has 2 aliphatic rings. The number of hydrogen-bond donors (Lipinski definition) is 1. The van der Waals surface area contributed by atoms with Crippen molar-refractivity contribution in [2.45, 2.75) is 58.0 Å². The summed E-state index contributed by atoms with van der Waals surface area (Å²) in [5.74, 6) is 2.16. The third kappa shape index (κ3) is 4.28. The van der Waals surface area contributed by atoms with Gasteiger partial charge in [-0.1, -0.05) is 19.8 Å². The summed E-state index contributed by atoms with van der Waals surface area (Å²) in [5, 5.41) is 9.32. The lowest BCUT2D eigenvalue weighted by atomic mass is 9.78. The van der Waals surface area contributed by atoms with E-state index in [0.29, 0.717) is 11.7 Å². The Bertz CT molecular complexity index is 299. The van der Waals surface area contributed by atoms with Crippen LogP contribution in [0.25, 0.3) is 0 Å². The molecule has 0 aromatic carbocycles. The van der Waals surface area contributed by atoms with Crippen molar-refractivity contribution < 1.29 is 9.90 Å². The fraction of sp³-hybridized carbons (Fsp3) is 0.938. The van der Waals surface area contributed by atoms with Crippen molar-refractivity contribution in [3.05, 3.63) is 0 Å². The first-order valence-corrected chi connectivity index (χ1v) is 7.97. The molecular formula is C16H29NO2. The molecule has 110 valence electrons. The number of carbonyl (C=O) groups excluding carboxylic acids is 1. The number of hydrogen-bond acceptors (Lipinski definition) is 3. The molecule has 19 heavy (non-hydrogen) atoms. The van der Waals surface area contributed by atoms with Crippen molar-refractivity contribution in [1.29, 1.82) is 0 Å². The summed E-state index contributed by atoms with van der Waals surface area (Å²) in [5.41, 5.74) is 0. The summed E-state index contributed by atoms with van der Waals surface area (Å²) in [7, 11) is 2.13. The molecule has 0 bridgehead atoms. The monoisotopic (exact) mass is 267 g/mol. The first-order chi connectivity index (χ1) is 9.08. The highest BCUT2D eigenvalue weighted by molar-refractivity contribution is 5.81. The Hall–Kier alpha value is -0.410. The van der Waals surface area contributed by atoms with Crippen LogP contribution in [0.5, 0.6) is 0 Å². The van der Waals surface area contributed by atoms with Crippen LogP contribution in [0.4, 0.5) is 0 Å². The quantitative estimate of drug-likeness (QED) is 0.803. The summed E-state index contributed by atoms with van der Waals surface area (Å²) in [6.07, 6.45) is 7.35. The molecule has 2 rings (SSSR count). The molecule has 3 heteroatoms. The molecule has 2 saturated carbocycles. The van der Waals surface area contributed by atoms with Gasteiger partial charge in [0.1, 0.15) is 5.78 Å². The Morgan fingerprint density at radius 1 is 1.21 bits per heavy atom. The van der Waals surface area contributed by atoms with E-state index < -0.39 is 0 Å². The summed E-state index contributed by atoms with van der Waals surface area (Å²) in [6.45, 7) is 4.20. The number of nitrogens with zero attached hydrogens (tertiary/aromatic N) is 1. The summed E-state index contributed by atoms with van der Waals surface area (Å²) >= 11 is 0. The zero-order chi connectivity index (χ0) is 13.8. The van der Waals surface area contributed by atoms with Gasteiger partial charge in [0.05, 0.1) is 6.10 Å². The topological polar surface area (TPSA) is 40.5 Å². The predicted molar refractivity (Wildman–Crippen MR) is 77.0 cm³/mol. The van der Waals surface area contributed by atoms with Gasteiger partial charge in [-0.05, 0) is 44.6 Å². The maximum absolute atomic E-state index is 12.0. The second kappa shape index (κ2) is 6.85. The van der Waals surface area contributed by atoms with E-state index in [1.165, 1.54) is 12.8 Å². The van der Waals surface area contributed by atoms with Crippen molar-refractivity contribution in [3.8, 4) is 0 Å². The molecule has 0 spiro atoms. The highest BCUT2D eigenvalue weighted by Crippen LogP contribution is 2.31. The van der Waals surface area contributed by atoms with E-state index in [1.54, 1.807) is 0 Å². The number of carbonyl (C=O) groups is 1. The van der Waals surface area contributed by atoms with Gasteiger partial charge in [-0.25, -0.2) is 0 Å². The van der Waals surface area contributed by atoms with Crippen molar-refractivity contribution in [2.75, 3.05) is 20.1 Å². The molecule has 0 radical (unpaired) electrons. The highest BCUT2D eigenvalue weighted by Gasteiger charge is 2.31. The van der Waals surface area contributed by atoms with Gasteiger partial charge in [-0.2, -0.15) is 0 Å². The lowest BCUT2D eigenvalue weighted by molar-refractivity contribution is -0.126. The smallest absolute Gasteiger partial charge is 0.137 e. The van der Waals surface area contributed by atoms with Crippen LogP contribution < -0.4 is 0 Å². The fourth-order valence-corrected chi connectivity index (χ4v) is 3.79. The van der Waals surface area contributed by atoms with E-state index in [1.807, 2.05) is 0 Å². The minimum Gasteiger partial charge on any atom is -0.393 e. The lowest BCUT2D eigenvalue weighted by Crippen LogP contribution is -2.41. The molecule has 2 unspecified atom stereocenters. The third-order valence-electron chi connectivity index (χ3n) is 4.88. The summed E-state index contributed by atoms with van der Waals surface area (Å²) in [4.78, 5) is 14.3. The molecule has 2 atom stereocenters. The average Bonchev–Trinajstić information content (AvgIpc) is 2.32. The van der Waals surface area contributed by atoms with Gasteiger partial charge in [-0.3, -0.25) is 4.79 Å². The van der Waals surface area contributed by atoms with Crippen LogP contribution in [0.2, 0.25) is 0 Å². The van der Waals surface area contributed by atoms with Gasteiger partial charge in [0.2, 0.25) is 0 Å². The SMILES string of the molecule is CCCC1CCC(=O)C(CN(C)CC2CC(O)C2)C1. The van der Waals surface area contributed by atoms with Gasteiger partial charge in [-0.15, -0.1) is 0 Å². The number of aliphatic hydroxyl groups is 1. The molecule has 0 amide bonds. The van der Waals surface area contributed by atoms with Crippen molar-refractivity contribution in [2.24, 2.45) is 17.8 Å². The van der Waals surface area contributed by atoms with Crippen LogP contribution in [0.3, 0.4) is 0 Å². The zero-order valence-electron chi connectivity index (χ0n) is 12.5. The predicted octanol–water partition coefficient (Wildman–Crippen LogP) is 2.47. The standard InChI is InChI=1S/C16H29NO2/c1-3-4-12-5-6-16(19)14(7-12)11-17(2)10-13-8-15(18)9-13/h12-15,18H,3-11H2,1-2H3. The van der Waals surface area contributed by atoms with Gasteiger partial charge in [0.15, 0.2) is 0 Å². The van der Waals surface area contributed by atoms with Crippen LogP contribution in [-0.4, -0.2) is 42.0 Å². The van der Waals surface area contributed by atoms with E-state index in [-0.39, 0.29) is 12.0 Å². The van der Waals surface area contributed by atoms with E-state index in [4.69, 9.17) is 0 Å². The van der Waals surface area contributed by atoms with Gasteiger partial charge < -0.3 is 10.0 Å². The second-order valence-corrected chi connectivity index (χ2v) is 6.80. The maximum Gasteiger partial charge on any atom is 0.137 e. The van der Waals surface area contributed by atoms with Crippen LogP contribution in [0, 0.1) is 17.8 Å². The van der Waals surface area contributed by atoms with E-state index in [9.17, 15) is 9.90 Å². The highest BCUT2D eigenvalue weighted by atomic mass is 16.3. The number of rotatable bonds is 6. The van der Waals surface area contributed by atoms with Crippen molar-refractivity contribution in [1.82, 2.24) is 4.90 Å². The number of Topliss-reactive ketones (excluding diaryl/α,β-unsaturated/α-hetero) is 1. The lowest BCUT2D eigenvalue weighted by Gasteiger charge is -2.36. The van der Waals surface area contributed by atoms with E-state index in [0.717, 1.165) is 51.1 Å². The van der Waals surface area contributed by atoms with Crippen LogP contribution in [0.1, 0.15) is 51.9 Å². The molecule has 0 aromatic rings. The molecule has 1 N–H and O–H groups in total. The molecule has 0 aliphatic heterocycles. The fourth-order valence-electron chi connectivity index (χ4n) is 3.79. The maximum atomic E-state index is 12.0. The number of aliphatic hydroxyl groups excluding tert-OH is 1. The summed E-state index contributed by atoms with van der Waals surface area (Å²) < 4.78 is 0. The Morgan fingerprint density at radius 2 is 1.95 bits per heavy atom. The van der Waals surface area contributed by atoms with Gasteiger partial charge in [0, 0.05) is 25.4 Å². The molecule has 0 heterocycles. The minimum absolute atomic E-state index is 0.0661. The molecule has 0 aromatic heterocycles. The van der Waals surface area contributed by atoms with Crippen LogP contribution >= 0.6 is 0 Å². The van der Waals surface area contributed by atoms with Crippen LogP contribution in [0.15, 0.2) is 0 Å².